The monoisotopic (exact) mass is 573 g/mol. The van der Waals surface area contributed by atoms with E-state index in [2.05, 4.69) is 0 Å². The average Bonchev–Trinajstić information content (AvgIpc) is 2.66. The highest BCUT2D eigenvalue weighted by molar-refractivity contribution is 7.90. The fourth-order valence-electron chi connectivity index (χ4n) is 2.93. The van der Waals surface area contributed by atoms with Gasteiger partial charge < -0.3 is 0 Å². The van der Waals surface area contributed by atoms with Crippen LogP contribution in [0.1, 0.15) is 32.6 Å². The summed E-state index contributed by atoms with van der Waals surface area (Å²) >= 11 is 0. The predicted molar refractivity (Wildman–Crippen MR) is 84.2 cm³/mol. The van der Waals surface area contributed by atoms with Gasteiger partial charge in [0.15, 0.2) is 0 Å². The molecule has 1 fully saturated rings. The Morgan fingerprint density at radius 1 is 0.629 bits per heavy atom. The van der Waals surface area contributed by atoms with Crippen LogP contribution in [-0.2, 0) is 14.8 Å². The van der Waals surface area contributed by atoms with Crippen LogP contribution in [0.3, 0.4) is 0 Å². The lowest BCUT2D eigenvalue weighted by Gasteiger charge is -2.41. The number of carbonyl (C=O) groups excluding carboxylic acids is 1. The highest BCUT2D eigenvalue weighted by atomic mass is 32.2. The van der Waals surface area contributed by atoms with Gasteiger partial charge in [-0.25, -0.2) is 13.1 Å². The zero-order chi connectivity index (χ0) is 28.3. The molecule has 0 unspecified atom stereocenters. The van der Waals surface area contributed by atoms with Crippen LogP contribution in [-0.4, -0.2) is 61.3 Å². The molecular formula is C15H14F15NO3S. The fraction of sp³-hybridized carbons (Fsp3) is 0.933. The molecule has 0 aromatic rings. The van der Waals surface area contributed by atoms with Gasteiger partial charge in [-0.3, -0.25) is 4.79 Å². The maximum absolute atomic E-state index is 13.8. The van der Waals surface area contributed by atoms with E-state index in [0.717, 1.165) is 0 Å². The third kappa shape index (κ3) is 4.74. The van der Waals surface area contributed by atoms with Crippen LogP contribution in [0.25, 0.3) is 0 Å². The Morgan fingerprint density at radius 3 is 1.34 bits per heavy atom. The highest BCUT2D eigenvalue weighted by Crippen LogP contribution is 2.62. The summed E-state index contributed by atoms with van der Waals surface area (Å²) in [6, 6.07) is 0. The van der Waals surface area contributed by atoms with Crippen LogP contribution >= 0.6 is 0 Å². The van der Waals surface area contributed by atoms with Gasteiger partial charge in [-0.15, -0.1) is 0 Å². The zero-order valence-electron chi connectivity index (χ0n) is 16.8. The molecule has 4 nitrogen and oxygen atoms in total. The Hall–Kier alpha value is -1.63. The van der Waals surface area contributed by atoms with E-state index in [-0.39, 0.29) is 36.3 Å². The molecule has 20 heteroatoms. The van der Waals surface area contributed by atoms with Crippen molar-refractivity contribution >= 4 is 15.9 Å². The molecule has 0 saturated heterocycles. The van der Waals surface area contributed by atoms with Crippen molar-refractivity contribution in [2.24, 2.45) is 5.92 Å². The molecule has 35 heavy (non-hydrogen) atoms. The number of hydrogen-bond donors (Lipinski definition) is 1. The SMILES string of the molecule is CC1CCC(S(=O)(=O)NC(=O)C(F)(F)C(F)(F)C(F)(F)C(F)(F)C(F)(F)C(F)(F)C(F)(F)F)CC1. The Balaban J connectivity index is 3.41. The number of hydrogen-bond acceptors (Lipinski definition) is 3. The van der Waals surface area contributed by atoms with Crippen molar-refractivity contribution in [3.05, 3.63) is 0 Å². The molecule has 0 aliphatic heterocycles. The molecule has 0 radical (unpaired) electrons. The lowest BCUT2D eigenvalue weighted by Crippen LogP contribution is -2.74. The van der Waals surface area contributed by atoms with E-state index in [4.69, 9.17) is 0 Å². The van der Waals surface area contributed by atoms with Gasteiger partial charge in [0, 0.05) is 0 Å². The molecule has 1 amide bonds. The number of amides is 1. The third-order valence-corrected chi connectivity index (χ3v) is 7.07. The van der Waals surface area contributed by atoms with Crippen molar-refractivity contribution in [1.29, 1.82) is 0 Å². The average molecular weight is 573 g/mol. The third-order valence-electron chi connectivity index (χ3n) is 5.25. The minimum Gasteiger partial charge on any atom is -0.267 e. The van der Waals surface area contributed by atoms with E-state index >= 15 is 0 Å². The van der Waals surface area contributed by atoms with Crippen molar-refractivity contribution in [2.75, 3.05) is 0 Å². The normalized spacial score (nSPS) is 22.2. The van der Waals surface area contributed by atoms with Gasteiger partial charge in [0.25, 0.3) is 0 Å². The standard InChI is InChI=1S/C15H14F15NO3S/c1-6-2-4-7(5-3-6)35(33,34)31-8(32)9(16,17)10(18,19)11(20,21)12(22,23)13(24,25)14(26,27)15(28,29)30/h6-7H,2-5H2,1H3,(H,31,32). The summed E-state index contributed by atoms with van der Waals surface area (Å²) in [4.78, 5) is 11.4. The van der Waals surface area contributed by atoms with Gasteiger partial charge in [0.2, 0.25) is 10.0 Å². The largest absolute Gasteiger partial charge is 0.460 e. The Morgan fingerprint density at radius 2 is 0.971 bits per heavy atom. The van der Waals surface area contributed by atoms with Crippen molar-refractivity contribution < 1.29 is 79.1 Å². The van der Waals surface area contributed by atoms with Crippen LogP contribution in [0.15, 0.2) is 0 Å². The molecule has 1 aliphatic carbocycles. The number of sulfonamides is 1. The van der Waals surface area contributed by atoms with E-state index < -0.39 is 62.9 Å². The summed E-state index contributed by atoms with van der Waals surface area (Å²) in [7, 11) is -5.36. The van der Waals surface area contributed by atoms with Crippen LogP contribution < -0.4 is 4.72 Å². The van der Waals surface area contributed by atoms with E-state index in [9.17, 15) is 79.1 Å². The molecule has 208 valence electrons. The second kappa shape index (κ2) is 8.74. The van der Waals surface area contributed by atoms with Gasteiger partial charge in [-0.05, 0) is 31.6 Å². The van der Waals surface area contributed by atoms with E-state index in [0.29, 0.717) is 0 Å². The zero-order valence-corrected chi connectivity index (χ0v) is 17.6. The molecular weight excluding hydrogens is 559 g/mol. The fourth-order valence-corrected chi connectivity index (χ4v) is 4.37. The van der Waals surface area contributed by atoms with E-state index in [1.807, 2.05) is 0 Å². The lowest BCUT2D eigenvalue weighted by molar-refractivity contribution is -0.449. The van der Waals surface area contributed by atoms with Crippen LogP contribution in [0, 0.1) is 5.92 Å². The molecule has 0 bridgehead atoms. The summed E-state index contributed by atoms with van der Waals surface area (Å²) in [6.45, 7) is 1.61. The second-order valence-corrected chi connectivity index (χ2v) is 9.76. The maximum atomic E-state index is 13.8. The number of carbonyl (C=O) groups is 1. The molecule has 1 saturated carbocycles. The number of alkyl halides is 15. The first-order valence-electron chi connectivity index (χ1n) is 9.02. The summed E-state index contributed by atoms with van der Waals surface area (Å²) < 4.78 is 221. The van der Waals surface area contributed by atoms with Crippen LogP contribution in [0.5, 0.6) is 0 Å². The molecule has 0 spiro atoms. The summed E-state index contributed by atoms with van der Waals surface area (Å²) in [5.74, 6) is -53.1. The van der Waals surface area contributed by atoms with Crippen LogP contribution in [0.2, 0.25) is 0 Å². The summed E-state index contributed by atoms with van der Waals surface area (Å²) in [5.41, 5.74) is 0. The van der Waals surface area contributed by atoms with Gasteiger partial charge in [0.05, 0.1) is 5.25 Å². The topological polar surface area (TPSA) is 63.2 Å². The molecule has 0 heterocycles. The first-order chi connectivity index (χ1) is 15.1. The lowest BCUT2D eigenvalue weighted by atomic mass is 9.91. The van der Waals surface area contributed by atoms with E-state index in [1.54, 1.807) is 6.92 Å². The van der Waals surface area contributed by atoms with Gasteiger partial charge in [-0.2, -0.15) is 65.9 Å². The van der Waals surface area contributed by atoms with Crippen LogP contribution in [0.4, 0.5) is 65.9 Å². The molecule has 0 aromatic heterocycles. The Labute approximate surface area is 186 Å². The second-order valence-electron chi connectivity index (χ2n) is 7.80. The van der Waals surface area contributed by atoms with Gasteiger partial charge in [0.1, 0.15) is 0 Å². The highest BCUT2D eigenvalue weighted by Gasteiger charge is 2.94. The summed E-state index contributed by atoms with van der Waals surface area (Å²) in [5, 5.41) is -1.73. The Bertz CT molecular complexity index is 905. The number of halogens is 15. The van der Waals surface area contributed by atoms with Crippen molar-refractivity contribution in [1.82, 2.24) is 4.72 Å². The van der Waals surface area contributed by atoms with Crippen molar-refractivity contribution in [2.45, 2.75) is 79.6 Å². The Kier molecular flexibility index (Phi) is 7.84. The molecule has 1 aliphatic rings. The minimum atomic E-state index is -8.56. The smallest absolute Gasteiger partial charge is 0.267 e. The van der Waals surface area contributed by atoms with Crippen molar-refractivity contribution in [3.8, 4) is 0 Å². The molecule has 0 atom stereocenters. The first-order valence-corrected chi connectivity index (χ1v) is 10.6. The van der Waals surface area contributed by atoms with Gasteiger partial charge >= 0.3 is 47.6 Å². The van der Waals surface area contributed by atoms with E-state index in [1.165, 1.54) is 0 Å². The molecule has 1 rings (SSSR count). The van der Waals surface area contributed by atoms with Crippen molar-refractivity contribution in [3.63, 3.8) is 0 Å². The molecule has 1 N–H and O–H groups in total. The predicted octanol–water partition coefficient (Wildman–Crippen LogP) is 5.39. The first kappa shape index (κ1) is 31.4. The van der Waals surface area contributed by atoms with Gasteiger partial charge in [-0.1, -0.05) is 6.92 Å². The molecule has 0 aromatic carbocycles. The quantitative estimate of drug-likeness (QED) is 0.397. The number of nitrogens with one attached hydrogen (secondary N) is 1. The maximum Gasteiger partial charge on any atom is 0.460 e. The summed E-state index contributed by atoms with van der Waals surface area (Å²) in [6.07, 6.45) is -8.29. The minimum absolute atomic E-state index is 0.0963. The number of rotatable bonds is 8.